The van der Waals surface area contributed by atoms with E-state index in [1.54, 1.807) is 26.1 Å². The summed E-state index contributed by atoms with van der Waals surface area (Å²) in [6.45, 7) is 5.13. The number of amides is 2. The van der Waals surface area contributed by atoms with E-state index < -0.39 is 29.4 Å². The summed E-state index contributed by atoms with van der Waals surface area (Å²) in [4.78, 5) is 40.4. The highest BCUT2D eigenvalue weighted by atomic mass is 32.2. The fourth-order valence-electron chi connectivity index (χ4n) is 6.28. The van der Waals surface area contributed by atoms with Crippen molar-refractivity contribution in [2.24, 2.45) is 18.9 Å². The monoisotopic (exact) mass is 733 g/mol. The van der Waals surface area contributed by atoms with Crippen LogP contribution in [0.15, 0.2) is 60.7 Å². The zero-order chi connectivity index (χ0) is 38.0. The van der Waals surface area contributed by atoms with Gasteiger partial charge in [-0.2, -0.15) is 13.2 Å². The van der Waals surface area contributed by atoms with E-state index in [-0.39, 0.29) is 35.9 Å². The van der Waals surface area contributed by atoms with Crippen LogP contribution in [-0.2, 0) is 31.8 Å². The van der Waals surface area contributed by atoms with Crippen molar-refractivity contribution in [1.82, 2.24) is 19.2 Å². The fraction of sp³-hybridized carbons (Fsp3) is 0.389. The average Bonchev–Trinajstić information content (AvgIpc) is 3.37. The van der Waals surface area contributed by atoms with Crippen LogP contribution >= 0.6 is 12.2 Å². The SMILES string of the molecule is CC(=O)N(C)[C@@H]1CC(C(=O)Nc2ccc(C(F)(F)F)cc2F)[C@H](C)C(c2ccc(-c3ccc4c(c3)nc(C)n4C)cc2)C1.CNSOC.O=CO. The van der Waals surface area contributed by atoms with Gasteiger partial charge in [-0.25, -0.2) is 14.1 Å². The maximum absolute atomic E-state index is 14.6. The second-order valence-corrected chi connectivity index (χ2v) is 13.0. The van der Waals surface area contributed by atoms with Gasteiger partial charge in [-0.3, -0.25) is 14.4 Å². The summed E-state index contributed by atoms with van der Waals surface area (Å²) in [6, 6.07) is 16.1. The number of alkyl halides is 3. The van der Waals surface area contributed by atoms with Gasteiger partial charge in [0.2, 0.25) is 11.8 Å². The molecule has 0 saturated heterocycles. The summed E-state index contributed by atoms with van der Waals surface area (Å²) in [5.41, 5.74) is 3.57. The second kappa shape index (κ2) is 18.1. The van der Waals surface area contributed by atoms with Crippen LogP contribution in [0.25, 0.3) is 22.2 Å². The molecule has 1 aliphatic carbocycles. The van der Waals surface area contributed by atoms with Gasteiger partial charge in [-0.15, -0.1) is 0 Å². The van der Waals surface area contributed by atoms with Gasteiger partial charge in [-0.05, 0) is 85.7 Å². The van der Waals surface area contributed by atoms with Crippen molar-refractivity contribution in [1.29, 1.82) is 0 Å². The highest BCUT2D eigenvalue weighted by Crippen LogP contribution is 2.44. The standard InChI is InChI=1S/C33H34F4N4O2.C2H7NOS.CH2O2/c1-18-26(22-8-6-21(7-9-22)23-10-13-31-30(14-23)38-19(2)40(31)4)16-25(41(5)20(3)42)17-27(18)32(43)39-29-12-11-24(15-28(29)34)33(35,36)37;1-3-5-4-2;2-1-3/h6-15,18,25-27H,16-17H2,1-5H3,(H,39,43);3H,1-2H3;1H,(H,2,3)/t18-,25+,26?,27?;;/m1../s1. The molecule has 3 N–H and O–H groups in total. The van der Waals surface area contributed by atoms with Crippen LogP contribution in [0, 0.1) is 24.6 Å². The first kappa shape index (κ1) is 41.0. The van der Waals surface area contributed by atoms with E-state index in [0.717, 1.165) is 45.7 Å². The lowest BCUT2D eigenvalue weighted by molar-refractivity contribution is -0.137. The van der Waals surface area contributed by atoms with Gasteiger partial charge in [0.15, 0.2) is 0 Å². The smallest absolute Gasteiger partial charge is 0.416 e. The van der Waals surface area contributed by atoms with Gasteiger partial charge in [0.05, 0.1) is 41.6 Å². The molecule has 4 aromatic rings. The lowest BCUT2D eigenvalue weighted by Crippen LogP contribution is -2.46. The molecule has 15 heteroatoms. The largest absolute Gasteiger partial charge is 0.483 e. The first-order chi connectivity index (χ1) is 24.1. The Balaban J connectivity index is 0.000000795. The van der Waals surface area contributed by atoms with Crippen molar-refractivity contribution in [2.45, 2.75) is 51.7 Å². The van der Waals surface area contributed by atoms with E-state index in [2.05, 4.69) is 31.3 Å². The molecular formula is C36H43F4N5O5S. The maximum Gasteiger partial charge on any atom is 0.416 e. The molecule has 2 unspecified atom stereocenters. The molecule has 1 heterocycles. The van der Waals surface area contributed by atoms with Crippen molar-refractivity contribution < 1.29 is 41.2 Å². The number of hydrogen-bond donors (Lipinski definition) is 3. The van der Waals surface area contributed by atoms with Gasteiger partial charge in [-0.1, -0.05) is 37.3 Å². The molecule has 0 bridgehead atoms. The number of hydrogen-bond acceptors (Lipinski definition) is 7. The van der Waals surface area contributed by atoms with Gasteiger partial charge < -0.3 is 24.1 Å². The molecule has 1 saturated carbocycles. The van der Waals surface area contributed by atoms with Crippen molar-refractivity contribution in [3.8, 4) is 11.1 Å². The number of nitrogens with one attached hydrogen (secondary N) is 2. The molecule has 10 nitrogen and oxygen atoms in total. The van der Waals surface area contributed by atoms with Crippen LogP contribution in [0.3, 0.4) is 0 Å². The van der Waals surface area contributed by atoms with E-state index in [9.17, 15) is 27.2 Å². The number of imidazole rings is 1. The van der Waals surface area contributed by atoms with Crippen LogP contribution in [0.1, 0.15) is 49.6 Å². The Hall–Kier alpha value is -4.47. The molecule has 276 valence electrons. The number of fused-ring (bicyclic) bond motifs is 1. The zero-order valence-corrected chi connectivity index (χ0v) is 30.2. The number of nitrogens with zero attached hydrogens (tertiary/aromatic N) is 3. The third-order valence-corrected chi connectivity index (χ3v) is 9.53. The highest BCUT2D eigenvalue weighted by molar-refractivity contribution is 7.92. The minimum absolute atomic E-state index is 0.0938. The minimum Gasteiger partial charge on any atom is -0.483 e. The maximum atomic E-state index is 14.6. The van der Waals surface area contributed by atoms with Crippen molar-refractivity contribution >= 4 is 47.2 Å². The third kappa shape index (κ3) is 10.3. The van der Waals surface area contributed by atoms with Gasteiger partial charge in [0.1, 0.15) is 11.6 Å². The van der Waals surface area contributed by atoms with E-state index in [0.29, 0.717) is 18.9 Å². The Labute approximate surface area is 298 Å². The summed E-state index contributed by atoms with van der Waals surface area (Å²) < 4.78 is 62.8. The number of aryl methyl sites for hydroxylation is 2. The zero-order valence-electron chi connectivity index (χ0n) is 29.4. The lowest BCUT2D eigenvalue weighted by Gasteiger charge is -2.43. The van der Waals surface area contributed by atoms with Crippen LogP contribution in [0.4, 0.5) is 23.2 Å². The summed E-state index contributed by atoms with van der Waals surface area (Å²) in [5, 5.41) is 9.40. The predicted molar refractivity (Wildman–Crippen MR) is 190 cm³/mol. The Kier molecular flexibility index (Phi) is 14.6. The van der Waals surface area contributed by atoms with Crippen LogP contribution in [0.2, 0.25) is 0 Å². The van der Waals surface area contributed by atoms with Crippen LogP contribution < -0.4 is 10.0 Å². The summed E-state index contributed by atoms with van der Waals surface area (Å²) in [6.07, 6.45) is -3.71. The number of carbonyl (C=O) groups excluding carboxylic acids is 2. The average molecular weight is 734 g/mol. The molecule has 51 heavy (non-hydrogen) atoms. The Morgan fingerprint density at radius 2 is 1.71 bits per heavy atom. The van der Waals surface area contributed by atoms with Crippen molar-refractivity contribution in [2.75, 3.05) is 26.5 Å². The molecule has 3 aromatic carbocycles. The van der Waals surface area contributed by atoms with Gasteiger partial charge in [0.25, 0.3) is 6.47 Å². The van der Waals surface area contributed by atoms with E-state index in [1.165, 1.54) is 19.2 Å². The van der Waals surface area contributed by atoms with Crippen LogP contribution in [0.5, 0.6) is 0 Å². The first-order valence-corrected chi connectivity index (χ1v) is 16.7. The molecule has 0 spiro atoms. The normalized spacial score (nSPS) is 18.5. The van der Waals surface area contributed by atoms with Crippen LogP contribution in [-0.4, -0.2) is 65.1 Å². The molecule has 1 aromatic heterocycles. The molecule has 5 rings (SSSR count). The fourth-order valence-corrected chi connectivity index (χ4v) is 6.44. The number of carboxylic acid groups (broad SMARTS) is 1. The number of carbonyl (C=O) groups is 3. The number of halogens is 4. The second-order valence-electron chi connectivity index (χ2n) is 12.1. The molecule has 4 atom stereocenters. The Morgan fingerprint density at radius 3 is 2.24 bits per heavy atom. The quantitative estimate of drug-likeness (QED) is 0.0775. The molecule has 1 aliphatic rings. The Morgan fingerprint density at radius 1 is 1.08 bits per heavy atom. The topological polar surface area (TPSA) is 126 Å². The van der Waals surface area contributed by atoms with Crippen molar-refractivity contribution in [3.05, 3.63) is 83.4 Å². The summed E-state index contributed by atoms with van der Waals surface area (Å²) in [5.74, 6) is -1.75. The predicted octanol–water partition coefficient (Wildman–Crippen LogP) is 7.44. The highest BCUT2D eigenvalue weighted by Gasteiger charge is 2.41. The number of benzene rings is 3. The van der Waals surface area contributed by atoms with E-state index >= 15 is 0 Å². The number of rotatable bonds is 7. The first-order valence-electron chi connectivity index (χ1n) is 16.0. The van der Waals surface area contributed by atoms with Gasteiger partial charge >= 0.3 is 6.18 Å². The summed E-state index contributed by atoms with van der Waals surface area (Å²) >= 11 is 1.21. The number of aromatic nitrogens is 2. The molecule has 2 amide bonds. The minimum atomic E-state index is -4.70. The molecule has 0 aliphatic heterocycles. The van der Waals surface area contributed by atoms with E-state index in [1.807, 2.05) is 55.8 Å². The summed E-state index contributed by atoms with van der Waals surface area (Å²) in [7, 11) is 7.09. The molecule has 0 radical (unpaired) electrons. The lowest BCUT2D eigenvalue weighted by atomic mass is 9.67. The molecular weight excluding hydrogens is 690 g/mol. The Bertz CT molecular complexity index is 1800. The van der Waals surface area contributed by atoms with E-state index in [4.69, 9.17) is 9.90 Å². The molecule has 1 fully saturated rings. The third-order valence-electron chi connectivity index (χ3n) is 9.20. The number of anilines is 1. The van der Waals surface area contributed by atoms with Gasteiger partial charge in [0, 0.05) is 33.0 Å². The van der Waals surface area contributed by atoms with Crippen molar-refractivity contribution in [3.63, 3.8) is 0 Å².